The van der Waals surface area contributed by atoms with E-state index in [1.54, 1.807) is 0 Å². The first-order valence-corrected chi connectivity index (χ1v) is 9.89. The number of rotatable bonds is 5. The standard InChI is InChI=1S/C21H30N2O3/c1-16-7-9-19(10-8-16)26-15-20(24)23-13-11-18(12-14-23)22-21(25)17-5-3-2-4-6-17/h7-10,17-18H,2-6,11-15H2,1H3,(H,22,25). The molecular formula is C21H30N2O3. The Morgan fingerprint density at radius 1 is 1.04 bits per heavy atom. The van der Waals surface area contributed by atoms with Gasteiger partial charge in [0.2, 0.25) is 5.91 Å². The molecule has 0 radical (unpaired) electrons. The number of amides is 2. The van der Waals surface area contributed by atoms with Crippen LogP contribution in [0, 0.1) is 12.8 Å². The Bertz CT molecular complexity index is 600. The molecule has 1 aliphatic heterocycles. The molecule has 0 aromatic heterocycles. The first-order valence-electron chi connectivity index (χ1n) is 9.89. The number of piperidine rings is 1. The number of aryl methyl sites for hydroxylation is 1. The van der Waals surface area contributed by atoms with E-state index in [0.717, 1.165) is 31.4 Å². The van der Waals surface area contributed by atoms with Gasteiger partial charge < -0.3 is 15.0 Å². The summed E-state index contributed by atoms with van der Waals surface area (Å²) in [6, 6.07) is 7.91. The molecule has 26 heavy (non-hydrogen) atoms. The number of carbonyl (C=O) groups excluding carboxylic acids is 2. The minimum absolute atomic E-state index is 0.0163. The molecule has 0 unspecified atom stereocenters. The van der Waals surface area contributed by atoms with Gasteiger partial charge in [0.25, 0.3) is 5.91 Å². The normalized spacial score (nSPS) is 19.2. The van der Waals surface area contributed by atoms with Gasteiger partial charge in [-0.15, -0.1) is 0 Å². The smallest absolute Gasteiger partial charge is 0.260 e. The van der Waals surface area contributed by atoms with E-state index < -0.39 is 0 Å². The van der Waals surface area contributed by atoms with E-state index in [-0.39, 0.29) is 30.4 Å². The second kappa shape index (κ2) is 9.06. The summed E-state index contributed by atoms with van der Waals surface area (Å²) in [5, 5.41) is 3.20. The second-order valence-corrected chi connectivity index (χ2v) is 7.60. The molecule has 1 aromatic rings. The fraction of sp³-hybridized carbons (Fsp3) is 0.619. The van der Waals surface area contributed by atoms with Crippen LogP contribution in [-0.2, 0) is 9.59 Å². The number of hydrogen-bond donors (Lipinski definition) is 1. The van der Waals surface area contributed by atoms with Crippen LogP contribution in [0.25, 0.3) is 0 Å². The molecule has 5 nitrogen and oxygen atoms in total. The van der Waals surface area contributed by atoms with Gasteiger partial charge in [0.05, 0.1) is 0 Å². The number of benzene rings is 1. The molecule has 3 rings (SSSR count). The van der Waals surface area contributed by atoms with Gasteiger partial charge in [-0.25, -0.2) is 0 Å². The quantitative estimate of drug-likeness (QED) is 0.880. The second-order valence-electron chi connectivity index (χ2n) is 7.60. The Kier molecular flexibility index (Phi) is 6.53. The van der Waals surface area contributed by atoms with E-state index in [4.69, 9.17) is 4.74 Å². The lowest BCUT2D eigenvalue weighted by Crippen LogP contribution is -2.48. The third-order valence-corrected chi connectivity index (χ3v) is 5.55. The molecular weight excluding hydrogens is 328 g/mol. The SMILES string of the molecule is Cc1ccc(OCC(=O)N2CCC(NC(=O)C3CCCCC3)CC2)cc1. The van der Waals surface area contributed by atoms with Crippen molar-refractivity contribution in [1.82, 2.24) is 10.2 Å². The van der Waals surface area contributed by atoms with Crippen LogP contribution < -0.4 is 10.1 Å². The zero-order valence-electron chi connectivity index (χ0n) is 15.7. The monoisotopic (exact) mass is 358 g/mol. The summed E-state index contributed by atoms with van der Waals surface area (Å²) in [5.74, 6) is 1.16. The van der Waals surface area contributed by atoms with E-state index in [9.17, 15) is 9.59 Å². The van der Waals surface area contributed by atoms with Crippen molar-refractivity contribution in [2.24, 2.45) is 5.92 Å². The van der Waals surface area contributed by atoms with Gasteiger partial charge in [-0.3, -0.25) is 9.59 Å². The van der Waals surface area contributed by atoms with Crippen LogP contribution >= 0.6 is 0 Å². The van der Waals surface area contributed by atoms with Crippen molar-refractivity contribution in [3.05, 3.63) is 29.8 Å². The van der Waals surface area contributed by atoms with E-state index in [0.29, 0.717) is 13.1 Å². The van der Waals surface area contributed by atoms with Crippen LogP contribution in [0.4, 0.5) is 0 Å². The van der Waals surface area contributed by atoms with Crippen LogP contribution in [-0.4, -0.2) is 42.5 Å². The minimum Gasteiger partial charge on any atom is -0.484 e. The lowest BCUT2D eigenvalue weighted by molar-refractivity contribution is -0.134. The summed E-state index contributed by atoms with van der Waals surface area (Å²) in [4.78, 5) is 26.5. The maximum absolute atomic E-state index is 12.4. The summed E-state index contributed by atoms with van der Waals surface area (Å²) in [6.45, 7) is 3.46. The molecule has 5 heteroatoms. The first-order chi connectivity index (χ1) is 12.6. The Morgan fingerprint density at radius 3 is 2.35 bits per heavy atom. The molecule has 1 aromatic carbocycles. The largest absolute Gasteiger partial charge is 0.484 e. The molecule has 1 saturated heterocycles. The Hall–Kier alpha value is -2.04. The van der Waals surface area contributed by atoms with Gasteiger partial charge in [-0.1, -0.05) is 37.0 Å². The Morgan fingerprint density at radius 2 is 1.69 bits per heavy atom. The molecule has 1 saturated carbocycles. The highest BCUT2D eigenvalue weighted by Gasteiger charge is 2.27. The van der Waals surface area contributed by atoms with E-state index >= 15 is 0 Å². The summed E-state index contributed by atoms with van der Waals surface area (Å²) >= 11 is 0. The average molecular weight is 358 g/mol. The average Bonchev–Trinajstić information content (AvgIpc) is 2.68. The molecule has 0 atom stereocenters. The highest BCUT2D eigenvalue weighted by molar-refractivity contribution is 5.79. The molecule has 2 aliphatic rings. The van der Waals surface area contributed by atoms with Crippen molar-refractivity contribution in [3.8, 4) is 5.75 Å². The molecule has 2 fully saturated rings. The van der Waals surface area contributed by atoms with Crippen LogP contribution in [0.5, 0.6) is 5.75 Å². The van der Waals surface area contributed by atoms with Crippen LogP contribution in [0.1, 0.15) is 50.5 Å². The Labute approximate surface area is 156 Å². The molecule has 142 valence electrons. The predicted octanol–water partition coefficient (Wildman–Crippen LogP) is 3.06. The summed E-state index contributed by atoms with van der Waals surface area (Å²) in [6.07, 6.45) is 7.31. The lowest BCUT2D eigenvalue weighted by Gasteiger charge is -2.33. The maximum Gasteiger partial charge on any atom is 0.260 e. The number of carbonyl (C=O) groups is 2. The fourth-order valence-corrected chi connectivity index (χ4v) is 3.83. The number of hydrogen-bond acceptors (Lipinski definition) is 3. The van der Waals surface area contributed by atoms with Crippen molar-refractivity contribution in [2.45, 2.75) is 57.9 Å². The summed E-state index contributed by atoms with van der Waals surface area (Å²) < 4.78 is 5.59. The summed E-state index contributed by atoms with van der Waals surface area (Å²) in [5.41, 5.74) is 1.17. The molecule has 0 spiro atoms. The van der Waals surface area contributed by atoms with E-state index in [2.05, 4.69) is 5.32 Å². The van der Waals surface area contributed by atoms with Crippen molar-refractivity contribution >= 4 is 11.8 Å². The number of nitrogens with zero attached hydrogens (tertiary/aromatic N) is 1. The zero-order valence-corrected chi connectivity index (χ0v) is 15.7. The van der Waals surface area contributed by atoms with Gasteiger partial charge in [0, 0.05) is 25.0 Å². The Balaban J connectivity index is 1.38. The first kappa shape index (κ1) is 18.7. The van der Waals surface area contributed by atoms with Gasteiger partial charge in [0.15, 0.2) is 6.61 Å². The van der Waals surface area contributed by atoms with E-state index in [1.165, 1.54) is 24.8 Å². The predicted molar refractivity (Wildman–Crippen MR) is 101 cm³/mol. The number of ether oxygens (including phenoxy) is 1. The van der Waals surface area contributed by atoms with Crippen LogP contribution in [0.2, 0.25) is 0 Å². The fourth-order valence-electron chi connectivity index (χ4n) is 3.83. The van der Waals surface area contributed by atoms with Crippen molar-refractivity contribution in [1.29, 1.82) is 0 Å². The van der Waals surface area contributed by atoms with Gasteiger partial charge in [-0.2, -0.15) is 0 Å². The van der Waals surface area contributed by atoms with Crippen molar-refractivity contribution in [2.75, 3.05) is 19.7 Å². The van der Waals surface area contributed by atoms with Crippen molar-refractivity contribution < 1.29 is 14.3 Å². The third-order valence-electron chi connectivity index (χ3n) is 5.55. The topological polar surface area (TPSA) is 58.6 Å². The number of nitrogens with one attached hydrogen (secondary N) is 1. The molecule has 2 amide bonds. The van der Waals surface area contributed by atoms with Crippen LogP contribution in [0.15, 0.2) is 24.3 Å². The molecule has 1 heterocycles. The maximum atomic E-state index is 12.4. The highest BCUT2D eigenvalue weighted by Crippen LogP contribution is 2.24. The highest BCUT2D eigenvalue weighted by atomic mass is 16.5. The van der Waals surface area contributed by atoms with Crippen LogP contribution in [0.3, 0.4) is 0 Å². The van der Waals surface area contributed by atoms with Gasteiger partial charge >= 0.3 is 0 Å². The van der Waals surface area contributed by atoms with Crippen molar-refractivity contribution in [3.63, 3.8) is 0 Å². The molecule has 1 N–H and O–H groups in total. The zero-order chi connectivity index (χ0) is 18.4. The summed E-state index contributed by atoms with van der Waals surface area (Å²) in [7, 11) is 0. The third kappa shape index (κ3) is 5.23. The minimum atomic E-state index is 0.0163. The van der Waals surface area contributed by atoms with Gasteiger partial charge in [-0.05, 0) is 44.7 Å². The molecule has 1 aliphatic carbocycles. The lowest BCUT2D eigenvalue weighted by atomic mass is 9.88. The van der Waals surface area contributed by atoms with Gasteiger partial charge in [0.1, 0.15) is 5.75 Å². The van der Waals surface area contributed by atoms with E-state index in [1.807, 2.05) is 36.1 Å². The molecule has 0 bridgehead atoms. The number of likely N-dealkylation sites (tertiary alicyclic amines) is 1.